The summed E-state index contributed by atoms with van der Waals surface area (Å²) in [5, 5.41) is 8.02. The fourth-order valence-corrected chi connectivity index (χ4v) is 1.44. The van der Waals surface area contributed by atoms with Crippen LogP contribution in [0.25, 0.3) is 0 Å². The lowest BCUT2D eigenvalue weighted by Gasteiger charge is -2.07. The van der Waals surface area contributed by atoms with E-state index in [9.17, 15) is 9.59 Å². The number of amides is 3. The molecule has 18 heavy (non-hydrogen) atoms. The van der Waals surface area contributed by atoms with Gasteiger partial charge >= 0.3 is 6.03 Å². The Labute approximate surface area is 107 Å². The van der Waals surface area contributed by atoms with E-state index in [1.54, 1.807) is 0 Å². The Morgan fingerprint density at radius 1 is 0.944 bits per heavy atom. The highest BCUT2D eigenvalue weighted by atomic mass is 16.2. The summed E-state index contributed by atoms with van der Waals surface area (Å²) in [7, 11) is 0. The molecule has 0 aliphatic rings. The number of hydrogen-bond donors (Lipinski definition) is 3. The highest BCUT2D eigenvalue weighted by Crippen LogP contribution is 1.97. The van der Waals surface area contributed by atoms with Crippen LogP contribution in [0.15, 0.2) is 30.3 Å². The smallest absolute Gasteiger partial charge is 0.314 e. The minimum Gasteiger partial charge on any atom is -0.355 e. The van der Waals surface area contributed by atoms with Gasteiger partial charge in [-0.15, -0.1) is 0 Å². The third-order valence-corrected chi connectivity index (χ3v) is 2.33. The van der Waals surface area contributed by atoms with Crippen LogP contribution in [-0.4, -0.2) is 31.6 Å². The normalized spacial score (nSPS) is 9.61. The van der Waals surface area contributed by atoms with E-state index in [1.165, 1.54) is 12.5 Å². The summed E-state index contributed by atoms with van der Waals surface area (Å²) in [6, 6.07) is 9.75. The van der Waals surface area contributed by atoms with Gasteiger partial charge in [0.2, 0.25) is 5.91 Å². The van der Waals surface area contributed by atoms with Gasteiger partial charge in [0.25, 0.3) is 0 Å². The molecule has 0 atom stereocenters. The third-order valence-electron chi connectivity index (χ3n) is 2.33. The lowest BCUT2D eigenvalue weighted by atomic mass is 10.1. The van der Waals surface area contributed by atoms with Gasteiger partial charge in [-0.2, -0.15) is 0 Å². The lowest BCUT2D eigenvalue weighted by molar-refractivity contribution is -0.118. The SMILES string of the molecule is CC(=O)NCCNC(=O)NCCc1ccccc1. The Morgan fingerprint density at radius 3 is 2.22 bits per heavy atom. The molecule has 1 rings (SSSR count). The third kappa shape index (κ3) is 6.52. The molecule has 0 aliphatic heterocycles. The maximum absolute atomic E-state index is 11.3. The predicted molar refractivity (Wildman–Crippen MR) is 70.2 cm³/mol. The van der Waals surface area contributed by atoms with E-state index in [0.29, 0.717) is 19.6 Å². The molecule has 1 aromatic rings. The van der Waals surface area contributed by atoms with Gasteiger partial charge in [0, 0.05) is 26.6 Å². The number of nitrogens with one attached hydrogen (secondary N) is 3. The van der Waals surface area contributed by atoms with E-state index < -0.39 is 0 Å². The first-order chi connectivity index (χ1) is 8.68. The molecule has 1 aromatic carbocycles. The van der Waals surface area contributed by atoms with Gasteiger partial charge in [0.05, 0.1) is 0 Å². The first-order valence-electron chi connectivity index (χ1n) is 5.98. The van der Waals surface area contributed by atoms with Crippen molar-refractivity contribution in [2.24, 2.45) is 0 Å². The van der Waals surface area contributed by atoms with Crippen LogP contribution in [0.1, 0.15) is 12.5 Å². The number of carbonyl (C=O) groups is 2. The monoisotopic (exact) mass is 249 g/mol. The van der Waals surface area contributed by atoms with Gasteiger partial charge in [-0.25, -0.2) is 4.79 Å². The molecule has 3 amide bonds. The molecule has 0 unspecified atom stereocenters. The minimum absolute atomic E-state index is 0.0960. The van der Waals surface area contributed by atoms with Crippen molar-refractivity contribution in [3.05, 3.63) is 35.9 Å². The molecule has 0 fully saturated rings. The molecular formula is C13H19N3O2. The molecule has 0 aromatic heterocycles. The van der Waals surface area contributed by atoms with Crippen LogP contribution >= 0.6 is 0 Å². The molecule has 5 nitrogen and oxygen atoms in total. The average molecular weight is 249 g/mol. The van der Waals surface area contributed by atoms with E-state index in [2.05, 4.69) is 16.0 Å². The van der Waals surface area contributed by atoms with Crippen molar-refractivity contribution in [2.45, 2.75) is 13.3 Å². The number of urea groups is 1. The predicted octanol–water partition coefficient (Wildman–Crippen LogP) is 0.664. The highest BCUT2D eigenvalue weighted by molar-refractivity contribution is 5.74. The Hall–Kier alpha value is -2.04. The summed E-state index contributed by atoms with van der Waals surface area (Å²) >= 11 is 0. The Balaban J connectivity index is 2.05. The second-order valence-corrected chi connectivity index (χ2v) is 3.90. The largest absolute Gasteiger partial charge is 0.355 e. The number of rotatable bonds is 6. The van der Waals surface area contributed by atoms with Crippen molar-refractivity contribution in [1.82, 2.24) is 16.0 Å². The van der Waals surface area contributed by atoms with E-state index in [0.717, 1.165) is 6.42 Å². The van der Waals surface area contributed by atoms with Gasteiger partial charge in [0.1, 0.15) is 0 Å². The molecule has 0 heterocycles. The van der Waals surface area contributed by atoms with E-state index in [1.807, 2.05) is 30.3 Å². The van der Waals surface area contributed by atoms with E-state index in [-0.39, 0.29) is 11.9 Å². The van der Waals surface area contributed by atoms with Crippen LogP contribution in [-0.2, 0) is 11.2 Å². The number of benzene rings is 1. The van der Waals surface area contributed by atoms with Crippen molar-refractivity contribution in [3.63, 3.8) is 0 Å². The summed E-state index contributed by atoms with van der Waals surface area (Å²) in [5.74, 6) is -0.0960. The molecule has 5 heteroatoms. The molecule has 98 valence electrons. The van der Waals surface area contributed by atoms with Crippen molar-refractivity contribution >= 4 is 11.9 Å². The van der Waals surface area contributed by atoms with Crippen LogP contribution in [0.3, 0.4) is 0 Å². The summed E-state index contributed by atoms with van der Waals surface area (Å²) in [6.45, 7) is 2.91. The van der Waals surface area contributed by atoms with Crippen LogP contribution in [0, 0.1) is 0 Å². The first-order valence-corrected chi connectivity index (χ1v) is 5.98. The molecule has 0 aliphatic carbocycles. The average Bonchev–Trinajstić information content (AvgIpc) is 2.36. The molecule has 0 saturated heterocycles. The van der Waals surface area contributed by atoms with Crippen molar-refractivity contribution in [3.8, 4) is 0 Å². The molecule has 0 spiro atoms. The van der Waals surface area contributed by atoms with Crippen LogP contribution in [0.4, 0.5) is 4.79 Å². The van der Waals surface area contributed by atoms with Gasteiger partial charge < -0.3 is 16.0 Å². The summed E-state index contributed by atoms with van der Waals surface area (Å²) < 4.78 is 0. The van der Waals surface area contributed by atoms with Crippen molar-refractivity contribution < 1.29 is 9.59 Å². The fourth-order valence-electron chi connectivity index (χ4n) is 1.44. The highest BCUT2D eigenvalue weighted by Gasteiger charge is 1.99. The zero-order valence-electron chi connectivity index (χ0n) is 10.5. The molecular weight excluding hydrogens is 230 g/mol. The lowest BCUT2D eigenvalue weighted by Crippen LogP contribution is -2.40. The number of hydrogen-bond acceptors (Lipinski definition) is 2. The van der Waals surface area contributed by atoms with Crippen LogP contribution < -0.4 is 16.0 Å². The number of carbonyl (C=O) groups excluding carboxylic acids is 2. The molecule has 3 N–H and O–H groups in total. The van der Waals surface area contributed by atoms with Gasteiger partial charge in [0.15, 0.2) is 0 Å². The first kappa shape index (κ1) is 14.0. The van der Waals surface area contributed by atoms with Gasteiger partial charge in [-0.3, -0.25) is 4.79 Å². The molecule has 0 bridgehead atoms. The summed E-state index contributed by atoms with van der Waals surface area (Å²) in [4.78, 5) is 21.9. The van der Waals surface area contributed by atoms with Crippen molar-refractivity contribution in [2.75, 3.05) is 19.6 Å². The Kier molecular flexibility index (Phi) is 6.32. The molecule has 0 radical (unpaired) electrons. The van der Waals surface area contributed by atoms with Crippen molar-refractivity contribution in [1.29, 1.82) is 0 Å². The minimum atomic E-state index is -0.212. The van der Waals surface area contributed by atoms with E-state index >= 15 is 0 Å². The summed E-state index contributed by atoms with van der Waals surface area (Å²) in [6.07, 6.45) is 0.806. The Morgan fingerprint density at radius 2 is 1.56 bits per heavy atom. The maximum Gasteiger partial charge on any atom is 0.314 e. The zero-order valence-corrected chi connectivity index (χ0v) is 10.5. The zero-order chi connectivity index (χ0) is 13.2. The summed E-state index contributed by atoms with van der Waals surface area (Å²) in [5.41, 5.74) is 1.19. The van der Waals surface area contributed by atoms with Crippen LogP contribution in [0.5, 0.6) is 0 Å². The second kappa shape index (κ2) is 8.11. The topological polar surface area (TPSA) is 70.2 Å². The Bertz CT molecular complexity index is 379. The van der Waals surface area contributed by atoms with Gasteiger partial charge in [-0.05, 0) is 12.0 Å². The maximum atomic E-state index is 11.3. The van der Waals surface area contributed by atoms with Gasteiger partial charge in [-0.1, -0.05) is 30.3 Å². The quantitative estimate of drug-likeness (QED) is 0.648. The van der Waals surface area contributed by atoms with E-state index in [4.69, 9.17) is 0 Å². The second-order valence-electron chi connectivity index (χ2n) is 3.90. The fraction of sp³-hybridized carbons (Fsp3) is 0.385. The standard InChI is InChI=1S/C13H19N3O2/c1-11(17)14-9-10-16-13(18)15-8-7-12-5-3-2-4-6-12/h2-6H,7-10H2,1H3,(H,14,17)(H2,15,16,18). The molecule has 0 saturated carbocycles. The van der Waals surface area contributed by atoms with Crippen LogP contribution in [0.2, 0.25) is 0 Å².